The van der Waals surface area contributed by atoms with E-state index in [1.807, 2.05) is 35.2 Å². The molecule has 0 fully saturated rings. The van der Waals surface area contributed by atoms with Gasteiger partial charge in [-0.15, -0.1) is 5.10 Å². The molecule has 2 heterocycles. The van der Waals surface area contributed by atoms with Crippen LogP contribution in [0.5, 0.6) is 11.5 Å². The third-order valence-corrected chi connectivity index (χ3v) is 5.73. The molecule has 4 rings (SSSR count). The summed E-state index contributed by atoms with van der Waals surface area (Å²) in [4.78, 5) is 14.8. The van der Waals surface area contributed by atoms with Crippen LogP contribution in [-0.4, -0.2) is 52.1 Å². The number of ether oxygens (including phenoxy) is 2. The summed E-state index contributed by atoms with van der Waals surface area (Å²) in [5, 5.41) is 12.4. The number of aromatic nitrogens is 4. The predicted octanol–water partition coefficient (Wildman–Crippen LogP) is 2.75. The molecule has 2 aromatic carbocycles. The molecule has 0 bridgehead atoms. The number of fused-ring (bicyclic) bond motifs is 1. The van der Waals surface area contributed by atoms with E-state index in [4.69, 9.17) is 9.47 Å². The van der Waals surface area contributed by atoms with Gasteiger partial charge in [0, 0.05) is 29.9 Å². The van der Waals surface area contributed by atoms with Crippen molar-refractivity contribution in [2.45, 2.75) is 24.5 Å². The molecule has 1 unspecified atom stereocenters. The molecule has 0 saturated heterocycles. The zero-order valence-corrected chi connectivity index (χ0v) is 17.2. The monoisotopic (exact) mass is 411 g/mol. The van der Waals surface area contributed by atoms with Gasteiger partial charge in [0.1, 0.15) is 11.5 Å². The minimum atomic E-state index is 0.0326. The lowest BCUT2D eigenvalue weighted by Crippen LogP contribution is -2.37. The topological polar surface area (TPSA) is 82.4 Å². The number of hydrogen-bond donors (Lipinski definition) is 0. The highest BCUT2D eigenvalue weighted by atomic mass is 32.2. The molecule has 0 aliphatic carbocycles. The Morgan fingerprint density at radius 1 is 1.17 bits per heavy atom. The molecule has 1 aliphatic rings. The summed E-state index contributed by atoms with van der Waals surface area (Å²) in [5.74, 6) is 1.53. The number of thioether (sulfide) groups is 1. The first-order valence-corrected chi connectivity index (χ1v) is 10.1. The number of benzene rings is 2. The molecule has 9 heteroatoms. The van der Waals surface area contributed by atoms with Gasteiger partial charge in [-0.2, -0.15) is 4.68 Å². The van der Waals surface area contributed by atoms with Gasteiger partial charge in [0.2, 0.25) is 11.1 Å². The van der Waals surface area contributed by atoms with Gasteiger partial charge in [0.25, 0.3) is 0 Å². The van der Waals surface area contributed by atoms with Crippen molar-refractivity contribution in [1.82, 2.24) is 20.2 Å². The SMILES string of the molecule is COc1cc(OC)cc(-n2nnnc2SCC(=O)N2c3ccccc3CC2C)c1. The average molecular weight is 411 g/mol. The quantitative estimate of drug-likeness (QED) is 0.577. The Morgan fingerprint density at radius 2 is 1.90 bits per heavy atom. The van der Waals surface area contributed by atoms with Crippen LogP contribution in [0, 0.1) is 0 Å². The van der Waals surface area contributed by atoms with Crippen LogP contribution in [0.4, 0.5) is 5.69 Å². The highest BCUT2D eigenvalue weighted by molar-refractivity contribution is 7.99. The molecule has 0 radical (unpaired) electrons. The van der Waals surface area contributed by atoms with Gasteiger partial charge in [-0.05, 0) is 35.4 Å². The Balaban J connectivity index is 1.53. The molecular weight excluding hydrogens is 390 g/mol. The van der Waals surface area contributed by atoms with Gasteiger partial charge in [0.05, 0.1) is 25.7 Å². The number of rotatable bonds is 6. The van der Waals surface area contributed by atoms with Gasteiger partial charge in [0.15, 0.2) is 0 Å². The third kappa shape index (κ3) is 3.77. The molecule has 29 heavy (non-hydrogen) atoms. The number of para-hydroxylation sites is 1. The summed E-state index contributed by atoms with van der Waals surface area (Å²) in [7, 11) is 3.17. The van der Waals surface area contributed by atoms with Crippen LogP contribution in [0.15, 0.2) is 47.6 Å². The smallest absolute Gasteiger partial charge is 0.237 e. The largest absolute Gasteiger partial charge is 0.497 e. The van der Waals surface area contributed by atoms with Crippen molar-refractivity contribution >= 4 is 23.4 Å². The lowest BCUT2D eigenvalue weighted by Gasteiger charge is -2.22. The Hall–Kier alpha value is -3.07. The van der Waals surface area contributed by atoms with Crippen LogP contribution in [0.25, 0.3) is 5.69 Å². The second-order valence-electron chi connectivity index (χ2n) is 6.68. The maximum atomic E-state index is 12.9. The van der Waals surface area contributed by atoms with E-state index in [2.05, 4.69) is 28.5 Å². The zero-order valence-electron chi connectivity index (χ0n) is 16.4. The fourth-order valence-corrected chi connectivity index (χ4v) is 4.24. The highest BCUT2D eigenvalue weighted by Gasteiger charge is 2.30. The zero-order chi connectivity index (χ0) is 20.4. The van der Waals surface area contributed by atoms with Crippen LogP contribution >= 0.6 is 11.8 Å². The number of tetrazole rings is 1. The van der Waals surface area contributed by atoms with Crippen molar-refractivity contribution in [3.63, 3.8) is 0 Å². The van der Waals surface area contributed by atoms with Gasteiger partial charge < -0.3 is 14.4 Å². The number of carbonyl (C=O) groups is 1. The third-order valence-electron chi connectivity index (χ3n) is 4.82. The van der Waals surface area contributed by atoms with E-state index in [9.17, 15) is 4.79 Å². The molecule has 1 amide bonds. The number of nitrogens with zero attached hydrogens (tertiary/aromatic N) is 5. The summed E-state index contributed by atoms with van der Waals surface area (Å²) in [6.07, 6.45) is 0.869. The minimum absolute atomic E-state index is 0.0326. The lowest BCUT2D eigenvalue weighted by atomic mass is 10.1. The second kappa shape index (κ2) is 8.12. The van der Waals surface area contributed by atoms with Crippen molar-refractivity contribution < 1.29 is 14.3 Å². The van der Waals surface area contributed by atoms with Crippen molar-refractivity contribution in [1.29, 1.82) is 0 Å². The van der Waals surface area contributed by atoms with Crippen LogP contribution in [0.2, 0.25) is 0 Å². The average Bonchev–Trinajstić information content (AvgIpc) is 3.34. The first-order valence-electron chi connectivity index (χ1n) is 9.15. The van der Waals surface area contributed by atoms with E-state index in [0.717, 1.165) is 12.1 Å². The van der Waals surface area contributed by atoms with Gasteiger partial charge >= 0.3 is 0 Å². The Bertz CT molecular complexity index is 1020. The first kappa shape index (κ1) is 19.3. The number of amides is 1. The number of anilines is 1. The summed E-state index contributed by atoms with van der Waals surface area (Å²) in [6.45, 7) is 2.06. The van der Waals surface area contributed by atoms with E-state index < -0.39 is 0 Å². The molecule has 0 spiro atoms. The number of hydrogen-bond acceptors (Lipinski definition) is 7. The van der Waals surface area contributed by atoms with Crippen LogP contribution in [-0.2, 0) is 11.2 Å². The van der Waals surface area contributed by atoms with Crippen molar-refractivity contribution in [3.8, 4) is 17.2 Å². The summed E-state index contributed by atoms with van der Waals surface area (Å²) < 4.78 is 12.2. The van der Waals surface area contributed by atoms with Gasteiger partial charge in [-0.1, -0.05) is 30.0 Å². The van der Waals surface area contributed by atoms with Crippen molar-refractivity contribution in [2.24, 2.45) is 0 Å². The molecular formula is C20H21N5O3S. The van der Waals surface area contributed by atoms with Crippen LogP contribution in [0.1, 0.15) is 12.5 Å². The molecule has 1 aromatic heterocycles. The van der Waals surface area contributed by atoms with Crippen LogP contribution < -0.4 is 14.4 Å². The Morgan fingerprint density at radius 3 is 2.62 bits per heavy atom. The molecule has 150 valence electrons. The standard InChI is InChI=1S/C20H21N5O3S/c1-13-8-14-6-4-5-7-18(14)24(13)19(26)12-29-20-21-22-23-25(20)15-9-16(27-2)11-17(10-15)28-3/h4-7,9-11,13H,8,12H2,1-3H3. The lowest BCUT2D eigenvalue weighted by molar-refractivity contribution is -0.116. The summed E-state index contributed by atoms with van der Waals surface area (Å²) >= 11 is 1.30. The maximum Gasteiger partial charge on any atom is 0.237 e. The molecule has 8 nitrogen and oxygen atoms in total. The van der Waals surface area contributed by atoms with Crippen molar-refractivity contribution in [2.75, 3.05) is 24.9 Å². The molecule has 0 N–H and O–H groups in total. The molecule has 0 saturated carbocycles. The van der Waals surface area contributed by atoms with E-state index in [0.29, 0.717) is 22.3 Å². The number of methoxy groups -OCH3 is 2. The predicted molar refractivity (Wildman–Crippen MR) is 110 cm³/mol. The summed E-state index contributed by atoms with van der Waals surface area (Å²) in [5.41, 5.74) is 2.88. The fraction of sp³-hybridized carbons (Fsp3) is 0.300. The minimum Gasteiger partial charge on any atom is -0.497 e. The van der Waals surface area contributed by atoms with Gasteiger partial charge in [-0.3, -0.25) is 4.79 Å². The Labute approximate surface area is 172 Å². The maximum absolute atomic E-state index is 12.9. The molecule has 1 aliphatic heterocycles. The van der Waals surface area contributed by atoms with E-state index in [-0.39, 0.29) is 17.7 Å². The first-order chi connectivity index (χ1) is 14.1. The van der Waals surface area contributed by atoms with Crippen molar-refractivity contribution in [3.05, 3.63) is 48.0 Å². The van der Waals surface area contributed by atoms with E-state index >= 15 is 0 Å². The Kier molecular flexibility index (Phi) is 5.39. The number of carbonyl (C=O) groups excluding carboxylic acids is 1. The fourth-order valence-electron chi connectivity index (χ4n) is 3.49. The highest BCUT2D eigenvalue weighted by Crippen LogP contribution is 2.33. The van der Waals surface area contributed by atoms with Crippen LogP contribution in [0.3, 0.4) is 0 Å². The molecule has 1 atom stereocenters. The van der Waals surface area contributed by atoms with E-state index in [1.54, 1.807) is 25.0 Å². The second-order valence-corrected chi connectivity index (χ2v) is 7.62. The van der Waals surface area contributed by atoms with Gasteiger partial charge in [-0.25, -0.2) is 0 Å². The molecule has 3 aromatic rings. The van der Waals surface area contributed by atoms with E-state index in [1.165, 1.54) is 17.3 Å². The normalized spacial score (nSPS) is 15.3. The summed E-state index contributed by atoms with van der Waals surface area (Å²) in [6, 6.07) is 13.6.